The van der Waals surface area contributed by atoms with Crippen molar-refractivity contribution in [2.75, 3.05) is 12.4 Å². The van der Waals surface area contributed by atoms with Crippen molar-refractivity contribution in [2.45, 2.75) is 12.3 Å². The molecule has 8 nitrogen and oxygen atoms in total. The Morgan fingerprint density at radius 3 is 2.48 bits per heavy atom. The van der Waals surface area contributed by atoms with E-state index in [1.54, 1.807) is 53.3 Å². The highest BCUT2D eigenvalue weighted by Crippen LogP contribution is 2.60. The number of carbonyl (C=O) groups excluding carboxylic acids is 2. The monoisotopic (exact) mass is 535 g/mol. The van der Waals surface area contributed by atoms with Gasteiger partial charge in [0.15, 0.2) is 0 Å². The van der Waals surface area contributed by atoms with Gasteiger partial charge in [-0.05, 0) is 72.1 Å². The Kier molecular flexibility index (Phi) is 6.26. The predicted molar refractivity (Wildman–Crippen MR) is 149 cm³/mol. The molecule has 6 rings (SSSR count). The highest BCUT2D eigenvalue weighted by molar-refractivity contribution is 6.14. The quantitative estimate of drug-likeness (QED) is 0.271. The molecule has 5 aromatic rings. The molecule has 2 amide bonds. The second-order valence-electron chi connectivity index (χ2n) is 9.88. The molecule has 200 valence electrons. The van der Waals surface area contributed by atoms with Crippen LogP contribution in [0.15, 0.2) is 91.4 Å². The Balaban J connectivity index is 1.18. The van der Waals surface area contributed by atoms with E-state index in [1.165, 1.54) is 19.2 Å². The Morgan fingerprint density at radius 2 is 1.77 bits per heavy atom. The van der Waals surface area contributed by atoms with Crippen LogP contribution in [-0.2, 0) is 16.6 Å². The zero-order chi connectivity index (χ0) is 27.9. The Bertz CT molecular complexity index is 1730. The average Bonchev–Trinajstić information content (AvgIpc) is 3.59. The third kappa shape index (κ3) is 4.55. The number of rotatable bonds is 7. The minimum absolute atomic E-state index is 0.325. The Labute approximate surface area is 229 Å². The van der Waals surface area contributed by atoms with Gasteiger partial charge in [0, 0.05) is 49.0 Å². The summed E-state index contributed by atoms with van der Waals surface area (Å²) in [6.45, 7) is 0. The first-order valence-corrected chi connectivity index (χ1v) is 12.8. The van der Waals surface area contributed by atoms with Crippen LogP contribution < -0.4 is 15.4 Å². The number of amides is 2. The highest BCUT2D eigenvalue weighted by Gasteiger charge is 2.65. The highest BCUT2D eigenvalue weighted by atomic mass is 19.1. The van der Waals surface area contributed by atoms with Crippen molar-refractivity contribution >= 4 is 28.4 Å². The Hall–Kier alpha value is -5.05. The number of nitrogens with zero attached hydrogens (tertiary/aromatic N) is 3. The number of fused-ring (bicyclic) bond motifs is 1. The minimum atomic E-state index is -1.24. The van der Waals surface area contributed by atoms with Crippen LogP contribution in [0.5, 0.6) is 11.5 Å². The molecule has 0 saturated heterocycles. The van der Waals surface area contributed by atoms with Crippen molar-refractivity contribution in [3.63, 3.8) is 0 Å². The fourth-order valence-electron chi connectivity index (χ4n) is 5.13. The zero-order valence-electron chi connectivity index (χ0n) is 21.9. The molecule has 3 aromatic carbocycles. The van der Waals surface area contributed by atoms with E-state index in [1.807, 2.05) is 37.6 Å². The van der Waals surface area contributed by atoms with Gasteiger partial charge in [-0.15, -0.1) is 0 Å². The molecule has 0 bridgehead atoms. The Morgan fingerprint density at radius 1 is 1.00 bits per heavy atom. The lowest BCUT2D eigenvalue weighted by molar-refractivity contribution is -0.134. The van der Waals surface area contributed by atoms with Crippen molar-refractivity contribution < 1.29 is 18.7 Å². The number of hydrogen-bond donors (Lipinski definition) is 2. The normalized spacial score (nSPS) is 17.8. The smallest absolute Gasteiger partial charge is 0.240 e. The summed E-state index contributed by atoms with van der Waals surface area (Å²) in [5.74, 6) is -0.225. The van der Waals surface area contributed by atoms with Crippen molar-refractivity contribution in [1.82, 2.24) is 20.1 Å². The van der Waals surface area contributed by atoms with Crippen molar-refractivity contribution in [3.8, 4) is 22.6 Å². The standard InChI is InChI=1S/C31H26FN5O3/c1-33-29(38)31(16-26(31)19-3-6-22(32)7-4-19)30(39)36-23-8-10-24(11-9-23)40-28-13-14-34-27-15-20(5-12-25(27)28)21-17-35-37(2)18-21/h3-15,17-18,26H,16H2,1-2H3,(H,33,38)(H,36,39). The molecule has 1 aliphatic rings. The molecule has 1 saturated carbocycles. The maximum Gasteiger partial charge on any atom is 0.240 e. The number of ether oxygens (including phenoxy) is 1. The van der Waals surface area contributed by atoms with Crippen LogP contribution in [0.1, 0.15) is 17.9 Å². The van der Waals surface area contributed by atoms with Gasteiger partial charge in [0.25, 0.3) is 0 Å². The van der Waals surface area contributed by atoms with Crippen molar-refractivity contribution in [2.24, 2.45) is 12.5 Å². The fraction of sp³-hybridized carbons (Fsp3) is 0.161. The molecule has 2 heterocycles. The van der Waals surface area contributed by atoms with E-state index in [4.69, 9.17) is 4.74 Å². The van der Waals surface area contributed by atoms with Crippen molar-refractivity contribution in [3.05, 3.63) is 103 Å². The van der Waals surface area contributed by atoms with Gasteiger partial charge >= 0.3 is 0 Å². The van der Waals surface area contributed by atoms with Gasteiger partial charge in [0.2, 0.25) is 11.8 Å². The molecule has 2 aromatic heterocycles. The first kappa shape index (κ1) is 25.2. The minimum Gasteiger partial charge on any atom is -0.457 e. The predicted octanol–water partition coefficient (Wildman–Crippen LogP) is 5.43. The fourth-order valence-corrected chi connectivity index (χ4v) is 5.13. The van der Waals surface area contributed by atoms with E-state index in [0.717, 1.165) is 27.6 Å². The number of nitrogens with one attached hydrogen (secondary N) is 2. The first-order chi connectivity index (χ1) is 19.4. The zero-order valence-corrected chi connectivity index (χ0v) is 21.9. The van der Waals surface area contributed by atoms with Gasteiger partial charge in [0.1, 0.15) is 22.7 Å². The van der Waals surface area contributed by atoms with Gasteiger partial charge in [-0.25, -0.2) is 4.39 Å². The molecule has 2 unspecified atom stereocenters. The van der Waals surface area contributed by atoms with Gasteiger partial charge in [-0.1, -0.05) is 18.2 Å². The molecule has 2 N–H and O–H groups in total. The molecule has 1 fully saturated rings. The summed E-state index contributed by atoms with van der Waals surface area (Å²) in [7, 11) is 3.38. The average molecular weight is 536 g/mol. The van der Waals surface area contributed by atoms with Crippen LogP contribution in [0.3, 0.4) is 0 Å². The van der Waals surface area contributed by atoms with E-state index < -0.39 is 11.3 Å². The summed E-state index contributed by atoms with van der Waals surface area (Å²) < 4.78 is 21.3. The molecular weight excluding hydrogens is 509 g/mol. The van der Waals surface area contributed by atoms with E-state index in [-0.39, 0.29) is 17.6 Å². The number of hydrogen-bond acceptors (Lipinski definition) is 5. The van der Waals surface area contributed by atoms with Gasteiger partial charge < -0.3 is 15.4 Å². The number of anilines is 1. The lowest BCUT2D eigenvalue weighted by atomic mass is 9.96. The topological polar surface area (TPSA) is 98.1 Å². The number of pyridine rings is 1. The summed E-state index contributed by atoms with van der Waals surface area (Å²) in [5, 5.41) is 10.6. The second kappa shape index (κ2) is 9.92. The molecule has 40 heavy (non-hydrogen) atoms. The maximum absolute atomic E-state index is 13.4. The summed E-state index contributed by atoms with van der Waals surface area (Å²) >= 11 is 0. The van der Waals surface area contributed by atoms with E-state index in [0.29, 0.717) is 23.6 Å². The molecular formula is C31H26FN5O3. The first-order valence-electron chi connectivity index (χ1n) is 12.8. The number of aryl methyl sites for hydroxylation is 1. The number of halogens is 1. The lowest BCUT2D eigenvalue weighted by Crippen LogP contribution is -2.39. The summed E-state index contributed by atoms with van der Waals surface area (Å²) in [5.41, 5.74) is 2.85. The maximum atomic E-state index is 13.4. The van der Waals surface area contributed by atoms with E-state index in [9.17, 15) is 14.0 Å². The van der Waals surface area contributed by atoms with Crippen LogP contribution in [0, 0.1) is 11.2 Å². The van der Waals surface area contributed by atoms with Crippen LogP contribution in [0.25, 0.3) is 22.0 Å². The molecule has 9 heteroatoms. The summed E-state index contributed by atoms with van der Waals surface area (Å²) in [4.78, 5) is 30.6. The molecule has 0 spiro atoms. The van der Waals surface area contributed by atoms with Crippen LogP contribution in [0.2, 0.25) is 0 Å². The van der Waals surface area contributed by atoms with E-state index >= 15 is 0 Å². The van der Waals surface area contributed by atoms with Gasteiger partial charge in [-0.3, -0.25) is 19.3 Å². The number of benzene rings is 3. The summed E-state index contributed by atoms with van der Waals surface area (Å²) in [6, 6.07) is 20.6. The largest absolute Gasteiger partial charge is 0.457 e. The molecule has 1 aliphatic carbocycles. The van der Waals surface area contributed by atoms with Gasteiger partial charge in [0.05, 0.1) is 11.7 Å². The number of carbonyl (C=O) groups is 2. The molecule has 0 aliphatic heterocycles. The summed E-state index contributed by atoms with van der Waals surface area (Å²) in [6.07, 6.45) is 5.81. The SMILES string of the molecule is CNC(=O)C1(C(=O)Nc2ccc(Oc3ccnc4cc(-c5cnn(C)c5)ccc34)cc2)CC1c1ccc(F)cc1. The molecule has 0 radical (unpaired) electrons. The lowest BCUT2D eigenvalue weighted by Gasteiger charge is -2.17. The molecule has 2 atom stereocenters. The van der Waals surface area contributed by atoms with Crippen LogP contribution >= 0.6 is 0 Å². The third-order valence-corrected chi connectivity index (χ3v) is 7.35. The van der Waals surface area contributed by atoms with Gasteiger partial charge in [-0.2, -0.15) is 5.10 Å². The van der Waals surface area contributed by atoms with Crippen LogP contribution in [0.4, 0.5) is 10.1 Å². The van der Waals surface area contributed by atoms with Crippen molar-refractivity contribution in [1.29, 1.82) is 0 Å². The van der Waals surface area contributed by atoms with Crippen LogP contribution in [-0.4, -0.2) is 33.6 Å². The van der Waals surface area contributed by atoms with E-state index in [2.05, 4.69) is 20.7 Å². The third-order valence-electron chi connectivity index (χ3n) is 7.35. The second-order valence-corrected chi connectivity index (χ2v) is 9.88. The number of aromatic nitrogens is 3.